The molecule has 1 aliphatic heterocycles. The summed E-state index contributed by atoms with van der Waals surface area (Å²) in [5, 5.41) is 3.45. The number of nitrogens with one attached hydrogen (secondary N) is 1. The van der Waals surface area contributed by atoms with E-state index in [0.29, 0.717) is 0 Å². The zero-order valence-electron chi connectivity index (χ0n) is 10.6. The lowest BCUT2D eigenvalue weighted by molar-refractivity contribution is -0.103. The highest BCUT2D eigenvalue weighted by atomic mass is 16.5. The van der Waals surface area contributed by atoms with E-state index in [9.17, 15) is 0 Å². The number of ether oxygens (including phenoxy) is 1. The van der Waals surface area contributed by atoms with Crippen LogP contribution in [0.2, 0.25) is 0 Å². The van der Waals surface area contributed by atoms with E-state index in [1.54, 1.807) is 0 Å². The summed E-state index contributed by atoms with van der Waals surface area (Å²) in [4.78, 5) is 0. The van der Waals surface area contributed by atoms with Crippen molar-refractivity contribution in [2.75, 3.05) is 13.1 Å². The van der Waals surface area contributed by atoms with Gasteiger partial charge < -0.3 is 10.1 Å². The van der Waals surface area contributed by atoms with Crippen LogP contribution in [0.4, 0.5) is 0 Å². The molecule has 0 amide bonds. The topological polar surface area (TPSA) is 21.3 Å². The fourth-order valence-corrected chi connectivity index (χ4v) is 2.51. The van der Waals surface area contributed by atoms with Crippen LogP contribution in [0, 0.1) is 13.8 Å². The molecule has 1 heterocycles. The van der Waals surface area contributed by atoms with Gasteiger partial charge in [0, 0.05) is 13.1 Å². The Kier molecular flexibility index (Phi) is 3.04. The Morgan fingerprint density at radius 2 is 2.12 bits per heavy atom. The minimum absolute atomic E-state index is 0.187. The minimum Gasteiger partial charge on any atom is -0.365 e. The van der Waals surface area contributed by atoms with Crippen LogP contribution in [0.15, 0.2) is 18.2 Å². The number of morpholine rings is 1. The standard InChI is InChI=1S/C14H21NO/c1-10-5-6-11(2)13(7-10)14(4)9-15-8-12(3)16-14/h5-7,12,15H,8-9H2,1-4H3. The molecule has 1 aromatic rings. The molecule has 1 aromatic carbocycles. The van der Waals surface area contributed by atoms with Crippen LogP contribution >= 0.6 is 0 Å². The first-order valence-electron chi connectivity index (χ1n) is 5.97. The normalized spacial score (nSPS) is 30.4. The average Bonchev–Trinajstić information content (AvgIpc) is 2.21. The summed E-state index contributed by atoms with van der Waals surface area (Å²) in [6.45, 7) is 10.4. The summed E-state index contributed by atoms with van der Waals surface area (Å²) in [6, 6.07) is 6.58. The molecule has 2 unspecified atom stereocenters. The molecule has 0 radical (unpaired) electrons. The molecule has 2 atom stereocenters. The van der Waals surface area contributed by atoms with Gasteiger partial charge in [-0.15, -0.1) is 0 Å². The molecular formula is C14H21NO. The minimum atomic E-state index is -0.187. The maximum Gasteiger partial charge on any atom is 0.103 e. The highest BCUT2D eigenvalue weighted by molar-refractivity contribution is 5.35. The molecule has 88 valence electrons. The van der Waals surface area contributed by atoms with Crippen LogP contribution in [0.1, 0.15) is 30.5 Å². The van der Waals surface area contributed by atoms with Gasteiger partial charge in [-0.2, -0.15) is 0 Å². The van der Waals surface area contributed by atoms with Crippen molar-refractivity contribution in [2.24, 2.45) is 0 Å². The molecule has 0 spiro atoms. The quantitative estimate of drug-likeness (QED) is 0.783. The Balaban J connectivity index is 2.37. The van der Waals surface area contributed by atoms with E-state index in [1.165, 1.54) is 16.7 Å². The molecule has 2 heteroatoms. The zero-order valence-corrected chi connectivity index (χ0v) is 10.6. The summed E-state index contributed by atoms with van der Waals surface area (Å²) in [6.07, 6.45) is 0.277. The molecule has 1 fully saturated rings. The molecule has 2 nitrogen and oxygen atoms in total. The third-order valence-electron chi connectivity index (χ3n) is 3.32. The molecule has 0 saturated carbocycles. The molecule has 1 saturated heterocycles. The fourth-order valence-electron chi connectivity index (χ4n) is 2.51. The van der Waals surface area contributed by atoms with Crippen molar-refractivity contribution < 1.29 is 4.74 Å². The number of benzene rings is 1. The Bertz CT molecular complexity index is 388. The molecular weight excluding hydrogens is 198 g/mol. The molecule has 0 bridgehead atoms. The van der Waals surface area contributed by atoms with Crippen LogP contribution < -0.4 is 5.32 Å². The van der Waals surface area contributed by atoms with E-state index in [1.807, 2.05) is 0 Å². The van der Waals surface area contributed by atoms with Crippen molar-refractivity contribution >= 4 is 0 Å². The van der Waals surface area contributed by atoms with Crippen LogP contribution in [0.3, 0.4) is 0 Å². The van der Waals surface area contributed by atoms with Gasteiger partial charge in [0.2, 0.25) is 0 Å². The van der Waals surface area contributed by atoms with Crippen molar-refractivity contribution in [3.63, 3.8) is 0 Å². The number of hydrogen-bond acceptors (Lipinski definition) is 2. The highest BCUT2D eigenvalue weighted by Crippen LogP contribution is 2.31. The fraction of sp³-hybridized carbons (Fsp3) is 0.571. The van der Waals surface area contributed by atoms with Crippen molar-refractivity contribution in [1.82, 2.24) is 5.32 Å². The molecule has 0 aliphatic carbocycles. The highest BCUT2D eigenvalue weighted by Gasteiger charge is 2.33. The number of hydrogen-bond donors (Lipinski definition) is 1. The van der Waals surface area contributed by atoms with Crippen molar-refractivity contribution in [1.29, 1.82) is 0 Å². The molecule has 1 aliphatic rings. The Morgan fingerprint density at radius 1 is 1.38 bits per heavy atom. The Labute approximate surface area is 98.0 Å². The lowest BCUT2D eigenvalue weighted by Crippen LogP contribution is -2.49. The monoisotopic (exact) mass is 219 g/mol. The van der Waals surface area contributed by atoms with Gasteiger partial charge in [-0.3, -0.25) is 0 Å². The van der Waals surface area contributed by atoms with E-state index in [2.05, 4.69) is 51.2 Å². The van der Waals surface area contributed by atoms with Crippen LogP contribution in [-0.2, 0) is 10.3 Å². The van der Waals surface area contributed by atoms with Gasteiger partial charge in [-0.1, -0.05) is 23.8 Å². The first-order valence-corrected chi connectivity index (χ1v) is 5.97. The second kappa shape index (κ2) is 4.19. The van der Waals surface area contributed by atoms with E-state index in [0.717, 1.165) is 13.1 Å². The lowest BCUT2D eigenvalue weighted by Gasteiger charge is -2.39. The predicted octanol–water partition coefficient (Wildman–Crippen LogP) is 2.53. The predicted molar refractivity (Wildman–Crippen MR) is 66.7 cm³/mol. The second-order valence-corrected chi connectivity index (χ2v) is 5.11. The molecule has 2 rings (SSSR count). The first kappa shape index (κ1) is 11.6. The SMILES string of the molecule is Cc1ccc(C)c(C2(C)CNCC(C)O2)c1. The maximum absolute atomic E-state index is 6.13. The van der Waals surface area contributed by atoms with Crippen molar-refractivity contribution in [3.8, 4) is 0 Å². The van der Waals surface area contributed by atoms with E-state index in [-0.39, 0.29) is 11.7 Å². The number of aryl methyl sites for hydroxylation is 2. The summed E-state index contributed by atoms with van der Waals surface area (Å²) in [7, 11) is 0. The third kappa shape index (κ3) is 2.13. The van der Waals surface area contributed by atoms with Crippen LogP contribution in [-0.4, -0.2) is 19.2 Å². The summed E-state index contributed by atoms with van der Waals surface area (Å²) in [5.74, 6) is 0. The van der Waals surface area contributed by atoms with Crippen molar-refractivity contribution in [3.05, 3.63) is 34.9 Å². The molecule has 0 aromatic heterocycles. The first-order chi connectivity index (χ1) is 7.51. The van der Waals surface area contributed by atoms with E-state index in [4.69, 9.17) is 4.74 Å². The van der Waals surface area contributed by atoms with Crippen LogP contribution in [0.25, 0.3) is 0 Å². The third-order valence-corrected chi connectivity index (χ3v) is 3.32. The smallest absolute Gasteiger partial charge is 0.103 e. The summed E-state index contributed by atoms with van der Waals surface area (Å²) < 4.78 is 6.13. The Hall–Kier alpha value is -0.860. The Morgan fingerprint density at radius 3 is 2.81 bits per heavy atom. The number of rotatable bonds is 1. The average molecular weight is 219 g/mol. The zero-order chi connectivity index (χ0) is 11.8. The van der Waals surface area contributed by atoms with Gasteiger partial charge in [0.25, 0.3) is 0 Å². The molecule has 16 heavy (non-hydrogen) atoms. The van der Waals surface area contributed by atoms with Gasteiger partial charge in [-0.05, 0) is 38.8 Å². The summed E-state index contributed by atoms with van der Waals surface area (Å²) >= 11 is 0. The van der Waals surface area contributed by atoms with Gasteiger partial charge in [0.05, 0.1) is 6.10 Å². The van der Waals surface area contributed by atoms with Gasteiger partial charge >= 0.3 is 0 Å². The molecule has 1 N–H and O–H groups in total. The van der Waals surface area contributed by atoms with E-state index >= 15 is 0 Å². The van der Waals surface area contributed by atoms with Gasteiger partial charge in [0.15, 0.2) is 0 Å². The largest absolute Gasteiger partial charge is 0.365 e. The second-order valence-electron chi connectivity index (χ2n) is 5.11. The maximum atomic E-state index is 6.13. The van der Waals surface area contributed by atoms with E-state index < -0.39 is 0 Å². The van der Waals surface area contributed by atoms with Crippen LogP contribution in [0.5, 0.6) is 0 Å². The van der Waals surface area contributed by atoms with Gasteiger partial charge in [0.1, 0.15) is 5.60 Å². The lowest BCUT2D eigenvalue weighted by atomic mass is 9.89. The summed E-state index contributed by atoms with van der Waals surface area (Å²) in [5.41, 5.74) is 3.73. The van der Waals surface area contributed by atoms with Gasteiger partial charge in [-0.25, -0.2) is 0 Å². The van der Waals surface area contributed by atoms with Crippen molar-refractivity contribution in [2.45, 2.75) is 39.4 Å².